The normalized spacial score (nSPS) is 16.8. The third-order valence-corrected chi connectivity index (χ3v) is 5.69. The van der Waals surface area contributed by atoms with E-state index < -0.39 is 5.92 Å². The van der Waals surface area contributed by atoms with Crippen LogP contribution in [0, 0.1) is 5.92 Å². The van der Waals surface area contributed by atoms with Crippen LogP contribution >= 0.6 is 0 Å². The monoisotopic (exact) mass is 432 g/mol. The van der Waals surface area contributed by atoms with Crippen molar-refractivity contribution >= 4 is 17.5 Å². The summed E-state index contributed by atoms with van der Waals surface area (Å²) in [5.74, 6) is 0.728. The maximum atomic E-state index is 13.0. The highest BCUT2D eigenvalue weighted by molar-refractivity contribution is 6.01. The van der Waals surface area contributed by atoms with Crippen molar-refractivity contribution in [2.45, 2.75) is 32.7 Å². The van der Waals surface area contributed by atoms with E-state index in [1.807, 2.05) is 68.4 Å². The fourth-order valence-corrected chi connectivity index (χ4v) is 4.01. The van der Waals surface area contributed by atoms with E-state index in [0.717, 1.165) is 11.3 Å². The van der Waals surface area contributed by atoms with Gasteiger partial charge in [0.05, 0.1) is 36.1 Å². The number of nitrogens with one attached hydrogen (secondary N) is 2. The zero-order valence-electron chi connectivity index (χ0n) is 18.4. The standard InChI is InChI=1S/C25H28N4O3/c1-3-19(24-26-15-20(27-24)17-10-6-5-7-11-17)28-25(31)18-14-23(30)29(16-18)21-12-8-9-13-22(21)32-4-2/h5-13,15,18-19H,3-4,14,16H2,1-2H3,(H,26,27)(H,28,31). The van der Waals surface area contributed by atoms with Crippen molar-refractivity contribution in [2.24, 2.45) is 5.92 Å². The minimum absolute atomic E-state index is 0.0743. The van der Waals surface area contributed by atoms with Crippen LogP contribution in [0.5, 0.6) is 5.75 Å². The number of carbonyl (C=O) groups is 2. The lowest BCUT2D eigenvalue weighted by atomic mass is 10.1. The van der Waals surface area contributed by atoms with Crippen molar-refractivity contribution in [3.63, 3.8) is 0 Å². The number of benzene rings is 2. The Kier molecular flexibility index (Phi) is 6.54. The molecule has 2 heterocycles. The first-order valence-electron chi connectivity index (χ1n) is 11.0. The lowest BCUT2D eigenvalue weighted by Crippen LogP contribution is -2.35. The quantitative estimate of drug-likeness (QED) is 0.561. The van der Waals surface area contributed by atoms with Crippen LogP contribution < -0.4 is 15.0 Å². The summed E-state index contributed by atoms with van der Waals surface area (Å²) in [6.45, 7) is 4.75. The van der Waals surface area contributed by atoms with Crippen molar-refractivity contribution in [1.82, 2.24) is 15.3 Å². The SMILES string of the molecule is CCOc1ccccc1N1CC(C(=O)NC(CC)c2ncc(-c3ccccc3)[nH]2)CC1=O. The van der Waals surface area contributed by atoms with Crippen LogP contribution in [0.3, 0.4) is 0 Å². The van der Waals surface area contributed by atoms with Gasteiger partial charge in [0.15, 0.2) is 0 Å². The Morgan fingerprint density at radius 3 is 2.69 bits per heavy atom. The van der Waals surface area contributed by atoms with E-state index in [1.165, 1.54) is 0 Å². The predicted octanol–water partition coefficient (Wildman–Crippen LogP) is 4.10. The van der Waals surface area contributed by atoms with Gasteiger partial charge in [-0.2, -0.15) is 0 Å². The average molecular weight is 433 g/mol. The van der Waals surface area contributed by atoms with Gasteiger partial charge in [-0.25, -0.2) is 4.98 Å². The number of aromatic amines is 1. The van der Waals surface area contributed by atoms with E-state index >= 15 is 0 Å². The number of amides is 2. The number of anilines is 1. The zero-order chi connectivity index (χ0) is 22.5. The Morgan fingerprint density at radius 2 is 1.94 bits per heavy atom. The van der Waals surface area contributed by atoms with Crippen molar-refractivity contribution in [2.75, 3.05) is 18.1 Å². The molecule has 32 heavy (non-hydrogen) atoms. The Labute approximate surface area is 187 Å². The van der Waals surface area contributed by atoms with Gasteiger partial charge in [0.25, 0.3) is 0 Å². The van der Waals surface area contributed by atoms with E-state index in [2.05, 4.69) is 15.3 Å². The Bertz CT molecular complexity index is 1080. The minimum atomic E-state index is -0.421. The summed E-state index contributed by atoms with van der Waals surface area (Å²) < 4.78 is 5.67. The van der Waals surface area contributed by atoms with Crippen LogP contribution in [0.4, 0.5) is 5.69 Å². The van der Waals surface area contributed by atoms with Crippen LogP contribution in [-0.4, -0.2) is 34.9 Å². The van der Waals surface area contributed by atoms with Gasteiger partial charge in [-0.1, -0.05) is 49.4 Å². The average Bonchev–Trinajstić information content (AvgIpc) is 3.46. The van der Waals surface area contributed by atoms with Crippen LogP contribution in [0.25, 0.3) is 11.3 Å². The molecule has 2 amide bonds. The first-order chi connectivity index (χ1) is 15.6. The van der Waals surface area contributed by atoms with Gasteiger partial charge in [0.1, 0.15) is 11.6 Å². The molecule has 2 unspecified atom stereocenters. The van der Waals surface area contributed by atoms with E-state index in [1.54, 1.807) is 11.1 Å². The van der Waals surface area contributed by atoms with Gasteiger partial charge >= 0.3 is 0 Å². The number of H-pyrrole nitrogens is 1. The number of para-hydroxylation sites is 2. The van der Waals surface area contributed by atoms with Crippen LogP contribution in [0.2, 0.25) is 0 Å². The molecule has 2 aromatic carbocycles. The Morgan fingerprint density at radius 1 is 1.19 bits per heavy atom. The largest absolute Gasteiger partial charge is 0.492 e. The molecule has 0 bridgehead atoms. The molecule has 0 aliphatic carbocycles. The van der Waals surface area contributed by atoms with E-state index in [4.69, 9.17) is 4.74 Å². The maximum Gasteiger partial charge on any atom is 0.227 e. The van der Waals surface area contributed by atoms with Crippen LogP contribution in [0.15, 0.2) is 60.8 Å². The first kappa shape index (κ1) is 21.6. The Hall–Kier alpha value is -3.61. The van der Waals surface area contributed by atoms with E-state index in [0.29, 0.717) is 36.8 Å². The second-order valence-corrected chi connectivity index (χ2v) is 7.82. The molecule has 1 aliphatic heterocycles. The molecule has 7 heteroatoms. The molecule has 1 fully saturated rings. The summed E-state index contributed by atoms with van der Waals surface area (Å²) in [6, 6.07) is 17.1. The highest BCUT2D eigenvalue weighted by atomic mass is 16.5. The molecule has 7 nitrogen and oxygen atoms in total. The lowest BCUT2D eigenvalue weighted by Gasteiger charge is -2.21. The second-order valence-electron chi connectivity index (χ2n) is 7.82. The van der Waals surface area contributed by atoms with Gasteiger partial charge in [0.2, 0.25) is 11.8 Å². The molecular formula is C25H28N4O3. The third-order valence-electron chi connectivity index (χ3n) is 5.69. The molecule has 0 radical (unpaired) electrons. The lowest BCUT2D eigenvalue weighted by molar-refractivity contribution is -0.127. The van der Waals surface area contributed by atoms with Crippen molar-refractivity contribution in [3.8, 4) is 17.0 Å². The molecule has 3 aromatic rings. The topological polar surface area (TPSA) is 87.3 Å². The Balaban J connectivity index is 1.45. The van der Waals surface area contributed by atoms with Crippen molar-refractivity contribution in [3.05, 3.63) is 66.6 Å². The highest BCUT2D eigenvalue weighted by Crippen LogP contribution is 2.33. The zero-order valence-corrected chi connectivity index (χ0v) is 18.4. The van der Waals surface area contributed by atoms with Gasteiger partial charge in [0, 0.05) is 13.0 Å². The van der Waals surface area contributed by atoms with Gasteiger partial charge in [-0.15, -0.1) is 0 Å². The number of imidazole rings is 1. The number of aromatic nitrogens is 2. The molecule has 1 saturated heterocycles. The highest BCUT2D eigenvalue weighted by Gasteiger charge is 2.37. The molecule has 0 saturated carbocycles. The summed E-state index contributed by atoms with van der Waals surface area (Å²) >= 11 is 0. The minimum Gasteiger partial charge on any atom is -0.492 e. The molecule has 4 rings (SSSR count). The fraction of sp³-hybridized carbons (Fsp3) is 0.320. The van der Waals surface area contributed by atoms with Crippen molar-refractivity contribution < 1.29 is 14.3 Å². The molecule has 166 valence electrons. The van der Waals surface area contributed by atoms with Crippen LogP contribution in [0.1, 0.15) is 38.6 Å². The molecule has 2 N–H and O–H groups in total. The first-order valence-corrected chi connectivity index (χ1v) is 11.0. The molecule has 0 spiro atoms. The smallest absolute Gasteiger partial charge is 0.227 e. The number of ether oxygens (including phenoxy) is 1. The maximum absolute atomic E-state index is 13.0. The fourth-order valence-electron chi connectivity index (χ4n) is 4.01. The number of carbonyl (C=O) groups excluding carboxylic acids is 2. The molecule has 1 aliphatic rings. The summed E-state index contributed by atoms with van der Waals surface area (Å²) in [5.41, 5.74) is 2.65. The molecular weight excluding hydrogens is 404 g/mol. The van der Waals surface area contributed by atoms with Crippen molar-refractivity contribution in [1.29, 1.82) is 0 Å². The van der Waals surface area contributed by atoms with Gasteiger partial charge in [-0.05, 0) is 31.0 Å². The van der Waals surface area contributed by atoms with E-state index in [9.17, 15) is 9.59 Å². The summed E-state index contributed by atoms with van der Waals surface area (Å²) in [4.78, 5) is 35.2. The number of hydrogen-bond acceptors (Lipinski definition) is 4. The molecule has 1 aromatic heterocycles. The second kappa shape index (κ2) is 9.68. The molecule has 2 atom stereocenters. The number of hydrogen-bond donors (Lipinski definition) is 2. The van der Waals surface area contributed by atoms with E-state index in [-0.39, 0.29) is 24.3 Å². The summed E-state index contributed by atoms with van der Waals surface area (Å²) in [7, 11) is 0. The van der Waals surface area contributed by atoms with Gasteiger partial charge in [-0.3, -0.25) is 9.59 Å². The predicted molar refractivity (Wildman–Crippen MR) is 123 cm³/mol. The number of nitrogens with zero attached hydrogens (tertiary/aromatic N) is 2. The van der Waals surface area contributed by atoms with Crippen LogP contribution in [-0.2, 0) is 9.59 Å². The third kappa shape index (κ3) is 4.51. The van der Waals surface area contributed by atoms with Gasteiger partial charge < -0.3 is 19.9 Å². The summed E-state index contributed by atoms with van der Waals surface area (Å²) in [5, 5.41) is 3.08. The summed E-state index contributed by atoms with van der Waals surface area (Å²) in [6.07, 6.45) is 2.64. The number of rotatable bonds is 8.